The SMILES string of the molecule is N#Cc1cc([N+](=O)[O-])ccc1N1CCC([C@H](O)c2ncc[nH]2)CC1. The van der Waals surface area contributed by atoms with Crippen molar-refractivity contribution in [3.8, 4) is 6.07 Å². The molecule has 8 nitrogen and oxygen atoms in total. The largest absolute Gasteiger partial charge is 0.385 e. The van der Waals surface area contributed by atoms with Gasteiger partial charge < -0.3 is 15.0 Å². The molecule has 2 aromatic rings. The van der Waals surface area contributed by atoms with E-state index < -0.39 is 11.0 Å². The molecule has 124 valence electrons. The first-order valence-corrected chi connectivity index (χ1v) is 7.71. The highest BCUT2D eigenvalue weighted by Crippen LogP contribution is 2.33. The number of nitrogens with one attached hydrogen (secondary N) is 1. The molecular weight excluding hydrogens is 310 g/mol. The Morgan fingerprint density at radius 3 is 2.79 bits per heavy atom. The lowest BCUT2D eigenvalue weighted by atomic mass is 9.90. The fourth-order valence-corrected chi connectivity index (χ4v) is 3.12. The zero-order chi connectivity index (χ0) is 17.1. The number of piperidine rings is 1. The summed E-state index contributed by atoms with van der Waals surface area (Å²) in [4.78, 5) is 19.4. The third kappa shape index (κ3) is 3.07. The highest BCUT2D eigenvalue weighted by molar-refractivity contribution is 5.63. The first kappa shape index (κ1) is 16.0. The van der Waals surface area contributed by atoms with Crippen molar-refractivity contribution in [2.24, 2.45) is 5.92 Å². The molecule has 0 aliphatic carbocycles. The number of imidazole rings is 1. The zero-order valence-electron chi connectivity index (χ0n) is 12.9. The second-order valence-electron chi connectivity index (χ2n) is 5.81. The van der Waals surface area contributed by atoms with Crippen LogP contribution >= 0.6 is 0 Å². The van der Waals surface area contributed by atoms with Crippen molar-refractivity contribution in [3.63, 3.8) is 0 Å². The van der Waals surface area contributed by atoms with Gasteiger partial charge in [0.05, 0.1) is 16.2 Å². The van der Waals surface area contributed by atoms with E-state index >= 15 is 0 Å². The number of aliphatic hydroxyl groups is 1. The summed E-state index contributed by atoms with van der Waals surface area (Å²) in [5.74, 6) is 0.664. The van der Waals surface area contributed by atoms with Gasteiger partial charge in [0.15, 0.2) is 0 Å². The topological polar surface area (TPSA) is 119 Å². The molecule has 0 radical (unpaired) electrons. The molecular formula is C16H17N5O3. The van der Waals surface area contributed by atoms with Crippen molar-refractivity contribution >= 4 is 11.4 Å². The van der Waals surface area contributed by atoms with Gasteiger partial charge in [0, 0.05) is 37.6 Å². The van der Waals surface area contributed by atoms with Crippen LogP contribution in [0, 0.1) is 27.4 Å². The van der Waals surface area contributed by atoms with Gasteiger partial charge in [-0.15, -0.1) is 0 Å². The molecule has 1 fully saturated rings. The molecule has 0 saturated carbocycles. The Morgan fingerprint density at radius 2 is 2.21 bits per heavy atom. The number of aliphatic hydroxyl groups excluding tert-OH is 1. The fraction of sp³-hybridized carbons (Fsp3) is 0.375. The summed E-state index contributed by atoms with van der Waals surface area (Å²) in [6.45, 7) is 1.35. The van der Waals surface area contributed by atoms with Crippen LogP contribution in [0.4, 0.5) is 11.4 Å². The number of hydrogen-bond donors (Lipinski definition) is 2. The number of H-pyrrole nitrogens is 1. The third-order valence-electron chi connectivity index (χ3n) is 4.44. The minimum atomic E-state index is -0.630. The summed E-state index contributed by atoms with van der Waals surface area (Å²) < 4.78 is 0. The van der Waals surface area contributed by atoms with Crippen LogP contribution in [0.15, 0.2) is 30.6 Å². The molecule has 1 aromatic carbocycles. The number of benzene rings is 1. The Morgan fingerprint density at radius 1 is 1.46 bits per heavy atom. The van der Waals surface area contributed by atoms with Crippen LogP contribution in [0.5, 0.6) is 0 Å². The normalized spacial score (nSPS) is 16.6. The maximum atomic E-state index is 10.8. The van der Waals surface area contributed by atoms with Gasteiger partial charge in [-0.3, -0.25) is 10.1 Å². The van der Waals surface area contributed by atoms with Crippen LogP contribution in [0.25, 0.3) is 0 Å². The van der Waals surface area contributed by atoms with E-state index in [0.717, 1.165) is 12.8 Å². The van der Waals surface area contributed by atoms with Gasteiger partial charge in [0.1, 0.15) is 18.0 Å². The number of nitrogens with zero attached hydrogens (tertiary/aromatic N) is 4. The molecule has 24 heavy (non-hydrogen) atoms. The van der Waals surface area contributed by atoms with Gasteiger partial charge in [-0.1, -0.05) is 0 Å². The van der Waals surface area contributed by atoms with Crippen molar-refractivity contribution in [3.05, 3.63) is 52.1 Å². The van der Waals surface area contributed by atoms with E-state index in [1.54, 1.807) is 18.5 Å². The smallest absolute Gasteiger partial charge is 0.270 e. The van der Waals surface area contributed by atoms with Crippen molar-refractivity contribution < 1.29 is 10.0 Å². The van der Waals surface area contributed by atoms with Gasteiger partial charge >= 0.3 is 0 Å². The Kier molecular flexibility index (Phi) is 4.44. The maximum Gasteiger partial charge on any atom is 0.270 e. The second kappa shape index (κ2) is 6.68. The molecule has 2 heterocycles. The minimum Gasteiger partial charge on any atom is -0.385 e. The molecule has 0 amide bonds. The van der Waals surface area contributed by atoms with Gasteiger partial charge in [0.25, 0.3) is 5.69 Å². The molecule has 1 aliphatic heterocycles. The molecule has 2 N–H and O–H groups in total. The minimum absolute atomic E-state index is 0.0848. The van der Waals surface area contributed by atoms with Crippen molar-refractivity contribution in [1.82, 2.24) is 9.97 Å². The molecule has 1 atom stereocenters. The maximum absolute atomic E-state index is 10.8. The molecule has 0 spiro atoms. The van der Waals surface area contributed by atoms with Crippen LogP contribution in [0.3, 0.4) is 0 Å². The number of nitro groups is 1. The van der Waals surface area contributed by atoms with Crippen molar-refractivity contribution in [2.45, 2.75) is 18.9 Å². The number of non-ortho nitro benzene ring substituents is 1. The predicted molar refractivity (Wildman–Crippen MR) is 86.3 cm³/mol. The summed E-state index contributed by atoms with van der Waals surface area (Å²) in [5.41, 5.74) is 0.918. The van der Waals surface area contributed by atoms with Gasteiger partial charge in [-0.05, 0) is 24.8 Å². The second-order valence-corrected chi connectivity index (χ2v) is 5.81. The highest BCUT2D eigenvalue weighted by Gasteiger charge is 2.28. The van der Waals surface area contributed by atoms with E-state index in [1.165, 1.54) is 12.1 Å². The molecule has 1 aliphatic rings. The molecule has 0 unspecified atom stereocenters. The molecule has 1 saturated heterocycles. The number of rotatable bonds is 4. The lowest BCUT2D eigenvalue weighted by molar-refractivity contribution is -0.384. The molecule has 3 rings (SSSR count). The average Bonchev–Trinajstić information content (AvgIpc) is 3.15. The lowest BCUT2D eigenvalue weighted by Crippen LogP contribution is -2.36. The Labute approximate surface area is 138 Å². The van der Waals surface area contributed by atoms with E-state index in [1.807, 2.05) is 11.0 Å². The Hall–Kier alpha value is -2.92. The van der Waals surface area contributed by atoms with Crippen LogP contribution < -0.4 is 4.90 Å². The summed E-state index contributed by atoms with van der Waals surface area (Å²) in [5, 5.41) is 30.5. The summed E-state index contributed by atoms with van der Waals surface area (Å²) in [7, 11) is 0. The zero-order valence-corrected chi connectivity index (χ0v) is 12.9. The van der Waals surface area contributed by atoms with E-state index in [-0.39, 0.29) is 11.6 Å². The number of nitriles is 1. The van der Waals surface area contributed by atoms with Crippen LogP contribution in [0.2, 0.25) is 0 Å². The summed E-state index contributed by atoms with van der Waals surface area (Å²) >= 11 is 0. The predicted octanol–water partition coefficient (Wildman–Crippen LogP) is 2.14. The molecule has 1 aromatic heterocycles. The van der Waals surface area contributed by atoms with Crippen LogP contribution in [0.1, 0.15) is 30.3 Å². The first-order valence-electron chi connectivity index (χ1n) is 7.71. The highest BCUT2D eigenvalue weighted by atomic mass is 16.6. The monoisotopic (exact) mass is 327 g/mol. The standard InChI is InChI=1S/C16H17N5O3/c17-10-12-9-13(21(23)24)1-2-14(12)20-7-3-11(4-8-20)15(22)16-18-5-6-19-16/h1-2,5-6,9,11,15,22H,3-4,7-8H2,(H,18,19)/t15-/m0/s1. The average molecular weight is 327 g/mol. The Bertz CT molecular complexity index is 761. The lowest BCUT2D eigenvalue weighted by Gasteiger charge is -2.35. The summed E-state index contributed by atoms with van der Waals surface area (Å²) in [6.07, 6.45) is 4.18. The van der Waals surface area contributed by atoms with Gasteiger partial charge in [0.2, 0.25) is 0 Å². The van der Waals surface area contributed by atoms with E-state index in [4.69, 9.17) is 0 Å². The third-order valence-corrected chi connectivity index (χ3v) is 4.44. The number of anilines is 1. The number of nitro benzene ring substituents is 1. The van der Waals surface area contributed by atoms with Crippen molar-refractivity contribution in [2.75, 3.05) is 18.0 Å². The number of hydrogen-bond acceptors (Lipinski definition) is 6. The number of aromatic amines is 1. The van der Waals surface area contributed by atoms with E-state index in [2.05, 4.69) is 9.97 Å². The number of aromatic nitrogens is 2. The summed E-state index contributed by atoms with van der Waals surface area (Å²) in [6, 6.07) is 6.38. The molecule has 8 heteroatoms. The Balaban J connectivity index is 1.71. The quantitative estimate of drug-likeness (QED) is 0.656. The van der Waals surface area contributed by atoms with E-state index in [9.17, 15) is 20.5 Å². The fourth-order valence-electron chi connectivity index (χ4n) is 3.12. The van der Waals surface area contributed by atoms with Crippen LogP contribution in [-0.2, 0) is 0 Å². The first-order chi connectivity index (χ1) is 11.6. The van der Waals surface area contributed by atoms with Gasteiger partial charge in [-0.25, -0.2) is 4.98 Å². The van der Waals surface area contributed by atoms with Gasteiger partial charge in [-0.2, -0.15) is 5.26 Å². The molecule has 0 bridgehead atoms. The van der Waals surface area contributed by atoms with Crippen LogP contribution in [-0.4, -0.2) is 33.1 Å². The van der Waals surface area contributed by atoms with Crippen molar-refractivity contribution in [1.29, 1.82) is 5.26 Å². The van der Waals surface area contributed by atoms with E-state index in [0.29, 0.717) is 30.2 Å².